The smallest absolute Gasteiger partial charge is 0.0678 e. The summed E-state index contributed by atoms with van der Waals surface area (Å²) in [5.41, 5.74) is 0. The quantitative estimate of drug-likeness (QED) is 0.845. The highest BCUT2D eigenvalue weighted by molar-refractivity contribution is 5.85. The monoisotopic (exact) mass is 345 g/mol. The van der Waals surface area contributed by atoms with E-state index in [1.165, 1.54) is 65.0 Å². The van der Waals surface area contributed by atoms with Crippen LogP contribution in [0.4, 0.5) is 0 Å². The van der Waals surface area contributed by atoms with Crippen LogP contribution in [0.3, 0.4) is 0 Å². The fraction of sp³-hybridized carbons (Fsp3) is 1.00. The predicted molar refractivity (Wildman–Crippen MR) is 98.5 cm³/mol. The molecule has 0 amide bonds. The maximum atomic E-state index is 5.85. The Morgan fingerprint density at radius 3 is 1.96 bits per heavy atom. The van der Waals surface area contributed by atoms with Crippen molar-refractivity contribution >= 4 is 12.4 Å². The van der Waals surface area contributed by atoms with Crippen molar-refractivity contribution in [3.05, 3.63) is 0 Å². The van der Waals surface area contributed by atoms with Crippen LogP contribution in [0.1, 0.15) is 39.5 Å². The Morgan fingerprint density at radius 1 is 0.826 bits per heavy atom. The van der Waals surface area contributed by atoms with Crippen LogP contribution in [-0.2, 0) is 4.74 Å². The second-order valence-electron chi connectivity index (χ2n) is 7.91. The van der Waals surface area contributed by atoms with Crippen molar-refractivity contribution in [1.29, 1.82) is 0 Å². The molecule has 3 rings (SSSR count). The number of halogens is 1. The molecule has 3 saturated heterocycles. The topological polar surface area (TPSA) is 27.7 Å². The summed E-state index contributed by atoms with van der Waals surface area (Å²) in [6.45, 7) is 14.4. The number of hydrogen-bond donors (Lipinski definition) is 1. The van der Waals surface area contributed by atoms with Gasteiger partial charge in [0.25, 0.3) is 0 Å². The molecule has 2 unspecified atom stereocenters. The van der Waals surface area contributed by atoms with Gasteiger partial charge in [0.15, 0.2) is 0 Å². The third kappa shape index (κ3) is 6.17. The van der Waals surface area contributed by atoms with Gasteiger partial charge in [-0.15, -0.1) is 12.4 Å². The van der Waals surface area contributed by atoms with Gasteiger partial charge < -0.3 is 15.0 Å². The molecule has 1 N–H and O–H groups in total. The van der Waals surface area contributed by atoms with Crippen molar-refractivity contribution in [2.45, 2.75) is 51.7 Å². The summed E-state index contributed by atoms with van der Waals surface area (Å²) in [5, 5.41) is 3.48. The number of piperidine rings is 2. The first-order chi connectivity index (χ1) is 10.7. The second-order valence-corrected chi connectivity index (χ2v) is 7.91. The average molecular weight is 346 g/mol. The number of hydrogen-bond acceptors (Lipinski definition) is 4. The molecule has 0 spiro atoms. The highest BCUT2D eigenvalue weighted by atomic mass is 35.5. The van der Waals surface area contributed by atoms with Crippen molar-refractivity contribution in [3.8, 4) is 0 Å². The van der Waals surface area contributed by atoms with Crippen molar-refractivity contribution in [3.63, 3.8) is 0 Å². The summed E-state index contributed by atoms with van der Waals surface area (Å²) in [4.78, 5) is 5.38. The van der Waals surface area contributed by atoms with Gasteiger partial charge in [0, 0.05) is 26.2 Å². The molecule has 136 valence electrons. The number of morpholine rings is 1. The van der Waals surface area contributed by atoms with E-state index in [0.29, 0.717) is 12.2 Å². The Hall–Kier alpha value is 0.130. The van der Waals surface area contributed by atoms with Gasteiger partial charge in [-0.25, -0.2) is 0 Å². The summed E-state index contributed by atoms with van der Waals surface area (Å²) in [5.74, 6) is 1.85. The average Bonchev–Trinajstić information content (AvgIpc) is 2.49. The van der Waals surface area contributed by atoms with Gasteiger partial charge in [-0.2, -0.15) is 0 Å². The molecule has 2 atom stereocenters. The number of rotatable bonds is 4. The lowest BCUT2D eigenvalue weighted by atomic mass is 9.93. The standard InChI is InChI=1S/C18H35N3O.ClH/c1-15-11-21(12-16(2)22-15)14-18-5-9-20(10-6-18)13-17-3-7-19-8-4-17;/h15-19H,3-14H2,1-2H3;1H. The Bertz CT molecular complexity index is 320. The Balaban J connectivity index is 0.00000192. The number of likely N-dealkylation sites (tertiary alicyclic amines) is 1. The van der Waals surface area contributed by atoms with E-state index in [4.69, 9.17) is 4.74 Å². The third-order valence-corrected chi connectivity index (χ3v) is 5.69. The highest BCUT2D eigenvalue weighted by Crippen LogP contribution is 2.23. The molecule has 4 nitrogen and oxygen atoms in total. The van der Waals surface area contributed by atoms with Crippen LogP contribution in [0.2, 0.25) is 0 Å². The van der Waals surface area contributed by atoms with Gasteiger partial charge in [-0.05, 0) is 77.5 Å². The molecule has 0 aliphatic carbocycles. The third-order valence-electron chi connectivity index (χ3n) is 5.69. The van der Waals surface area contributed by atoms with Crippen LogP contribution in [0.15, 0.2) is 0 Å². The second kappa shape index (κ2) is 9.57. The van der Waals surface area contributed by atoms with Gasteiger partial charge in [0.2, 0.25) is 0 Å². The molecule has 23 heavy (non-hydrogen) atoms. The lowest BCUT2D eigenvalue weighted by Gasteiger charge is -2.40. The SMILES string of the molecule is CC1CN(CC2CCN(CC3CCNCC3)CC2)CC(C)O1.Cl. The number of nitrogens with zero attached hydrogens (tertiary/aromatic N) is 2. The van der Waals surface area contributed by atoms with Crippen molar-refractivity contribution in [1.82, 2.24) is 15.1 Å². The van der Waals surface area contributed by atoms with Crippen molar-refractivity contribution in [2.75, 3.05) is 52.4 Å². The first-order valence-corrected chi connectivity index (χ1v) is 9.50. The minimum absolute atomic E-state index is 0. The van der Waals surface area contributed by atoms with E-state index < -0.39 is 0 Å². The first-order valence-electron chi connectivity index (χ1n) is 9.50. The zero-order valence-electron chi connectivity index (χ0n) is 15.0. The molecule has 0 bridgehead atoms. The Morgan fingerprint density at radius 2 is 1.35 bits per heavy atom. The molecule has 3 fully saturated rings. The molecule has 0 aromatic carbocycles. The van der Waals surface area contributed by atoms with Gasteiger partial charge in [-0.1, -0.05) is 0 Å². The lowest BCUT2D eigenvalue weighted by molar-refractivity contribution is -0.0732. The van der Waals surface area contributed by atoms with E-state index >= 15 is 0 Å². The van der Waals surface area contributed by atoms with E-state index in [9.17, 15) is 0 Å². The van der Waals surface area contributed by atoms with E-state index in [2.05, 4.69) is 29.0 Å². The summed E-state index contributed by atoms with van der Waals surface area (Å²) in [7, 11) is 0. The fourth-order valence-corrected chi connectivity index (χ4v) is 4.58. The highest BCUT2D eigenvalue weighted by Gasteiger charge is 2.27. The minimum Gasteiger partial charge on any atom is -0.373 e. The summed E-state index contributed by atoms with van der Waals surface area (Å²) in [6.07, 6.45) is 6.36. The van der Waals surface area contributed by atoms with E-state index in [0.717, 1.165) is 24.9 Å². The fourth-order valence-electron chi connectivity index (χ4n) is 4.58. The molecule has 0 aromatic heterocycles. The maximum absolute atomic E-state index is 5.85. The molecular weight excluding hydrogens is 310 g/mol. The first kappa shape index (κ1) is 19.5. The summed E-state index contributed by atoms with van der Waals surface area (Å²) >= 11 is 0. The van der Waals surface area contributed by atoms with Crippen LogP contribution in [-0.4, -0.2) is 74.4 Å². The van der Waals surface area contributed by atoms with Gasteiger partial charge in [-0.3, -0.25) is 4.90 Å². The van der Waals surface area contributed by atoms with Crippen LogP contribution in [0.5, 0.6) is 0 Å². The molecule has 5 heteroatoms. The van der Waals surface area contributed by atoms with Crippen LogP contribution < -0.4 is 5.32 Å². The van der Waals surface area contributed by atoms with Crippen molar-refractivity contribution in [2.24, 2.45) is 11.8 Å². The molecule has 3 aliphatic rings. The molecular formula is C18H36ClN3O. The largest absolute Gasteiger partial charge is 0.373 e. The normalized spacial score (nSPS) is 32.6. The lowest BCUT2D eigenvalue weighted by Crippen LogP contribution is -2.48. The Labute approximate surface area is 148 Å². The maximum Gasteiger partial charge on any atom is 0.0678 e. The van der Waals surface area contributed by atoms with E-state index in [-0.39, 0.29) is 12.4 Å². The van der Waals surface area contributed by atoms with E-state index in [1.54, 1.807) is 0 Å². The van der Waals surface area contributed by atoms with Crippen LogP contribution in [0, 0.1) is 11.8 Å². The van der Waals surface area contributed by atoms with Crippen molar-refractivity contribution < 1.29 is 4.74 Å². The zero-order valence-corrected chi connectivity index (χ0v) is 15.8. The van der Waals surface area contributed by atoms with Gasteiger partial charge >= 0.3 is 0 Å². The molecule has 0 aromatic rings. The molecule has 3 aliphatic heterocycles. The van der Waals surface area contributed by atoms with E-state index in [1.807, 2.05) is 0 Å². The molecule has 3 heterocycles. The van der Waals surface area contributed by atoms with Gasteiger partial charge in [0.05, 0.1) is 12.2 Å². The van der Waals surface area contributed by atoms with Crippen LogP contribution in [0.25, 0.3) is 0 Å². The predicted octanol–water partition coefficient (Wildman–Crippen LogP) is 2.23. The summed E-state index contributed by atoms with van der Waals surface area (Å²) < 4.78 is 5.85. The zero-order chi connectivity index (χ0) is 15.4. The molecule has 0 saturated carbocycles. The number of nitrogens with one attached hydrogen (secondary N) is 1. The Kier molecular flexibility index (Phi) is 8.10. The van der Waals surface area contributed by atoms with Gasteiger partial charge in [0.1, 0.15) is 0 Å². The van der Waals surface area contributed by atoms with Crippen LogP contribution >= 0.6 is 12.4 Å². The minimum atomic E-state index is 0. The molecule has 0 radical (unpaired) electrons. The summed E-state index contributed by atoms with van der Waals surface area (Å²) in [6, 6.07) is 0. The number of ether oxygens (including phenoxy) is 1.